The van der Waals surface area contributed by atoms with Gasteiger partial charge in [-0.2, -0.15) is 0 Å². The van der Waals surface area contributed by atoms with Crippen molar-refractivity contribution in [3.8, 4) is 0 Å². The maximum absolute atomic E-state index is 12.0. The van der Waals surface area contributed by atoms with Gasteiger partial charge in [-0.15, -0.1) is 0 Å². The summed E-state index contributed by atoms with van der Waals surface area (Å²) in [6.07, 6.45) is -1.04. The Morgan fingerprint density at radius 1 is 1.54 bits per heavy atom. The fourth-order valence-corrected chi connectivity index (χ4v) is 1.78. The summed E-state index contributed by atoms with van der Waals surface area (Å²) in [5.41, 5.74) is 5.51. The summed E-state index contributed by atoms with van der Waals surface area (Å²) in [5.74, 6) is 0.0781. The van der Waals surface area contributed by atoms with Crippen LogP contribution >= 0.6 is 0 Å². The Kier molecular flexibility index (Phi) is 4.06. The first-order valence-electron chi connectivity index (χ1n) is 4.85. The van der Waals surface area contributed by atoms with E-state index >= 15 is 0 Å². The van der Waals surface area contributed by atoms with Gasteiger partial charge in [-0.3, -0.25) is 4.90 Å². The highest BCUT2D eigenvalue weighted by atomic mass is 19.3. The van der Waals surface area contributed by atoms with Crippen molar-refractivity contribution in [3.63, 3.8) is 0 Å². The van der Waals surface area contributed by atoms with E-state index in [-0.39, 0.29) is 12.3 Å². The van der Waals surface area contributed by atoms with E-state index in [9.17, 15) is 8.78 Å². The van der Waals surface area contributed by atoms with E-state index in [0.29, 0.717) is 12.6 Å². The number of likely N-dealkylation sites (tertiary alicyclic amines) is 1. The minimum atomic E-state index is -2.17. The van der Waals surface area contributed by atoms with Gasteiger partial charge in [0.15, 0.2) is 0 Å². The summed E-state index contributed by atoms with van der Waals surface area (Å²) in [5, 5.41) is 0. The summed E-state index contributed by atoms with van der Waals surface area (Å²) in [4.78, 5) is 2.20. The molecule has 13 heavy (non-hydrogen) atoms. The van der Waals surface area contributed by atoms with Crippen LogP contribution < -0.4 is 5.73 Å². The second kappa shape index (κ2) is 4.86. The first kappa shape index (κ1) is 10.9. The van der Waals surface area contributed by atoms with Crippen LogP contribution in [0.25, 0.3) is 0 Å². The van der Waals surface area contributed by atoms with E-state index in [1.165, 1.54) is 0 Å². The van der Waals surface area contributed by atoms with Gasteiger partial charge in [-0.05, 0) is 12.3 Å². The molecule has 1 aliphatic heterocycles. The lowest BCUT2D eigenvalue weighted by molar-refractivity contribution is 0.0553. The SMILES string of the molecule is CC(CC(F)F)CN1CCC1CN. The molecule has 1 aliphatic rings. The predicted octanol–water partition coefficient (Wildman–Crippen LogP) is 1.31. The maximum atomic E-state index is 12.0. The standard InChI is InChI=1S/C9H18F2N2/c1-7(4-9(10)11)6-13-3-2-8(13)5-12/h7-9H,2-6,12H2,1H3. The number of rotatable bonds is 5. The monoisotopic (exact) mass is 192 g/mol. The van der Waals surface area contributed by atoms with E-state index in [2.05, 4.69) is 4.90 Å². The van der Waals surface area contributed by atoms with Crippen LogP contribution in [0.4, 0.5) is 8.78 Å². The van der Waals surface area contributed by atoms with Crippen molar-refractivity contribution in [1.82, 2.24) is 4.90 Å². The summed E-state index contributed by atoms with van der Waals surface area (Å²) in [6, 6.07) is 0.445. The molecule has 0 aromatic heterocycles. The van der Waals surface area contributed by atoms with Gasteiger partial charge in [-0.25, -0.2) is 8.78 Å². The molecule has 1 heterocycles. The van der Waals surface area contributed by atoms with Gasteiger partial charge >= 0.3 is 0 Å². The number of nitrogens with zero attached hydrogens (tertiary/aromatic N) is 1. The number of hydrogen-bond donors (Lipinski definition) is 1. The molecule has 0 amide bonds. The van der Waals surface area contributed by atoms with Crippen LogP contribution in [0.2, 0.25) is 0 Å². The number of halogens is 2. The Morgan fingerprint density at radius 2 is 2.23 bits per heavy atom. The third-order valence-corrected chi connectivity index (χ3v) is 2.66. The van der Waals surface area contributed by atoms with Crippen LogP contribution in [-0.2, 0) is 0 Å². The van der Waals surface area contributed by atoms with Crippen molar-refractivity contribution in [2.24, 2.45) is 11.7 Å². The lowest BCUT2D eigenvalue weighted by Gasteiger charge is -2.41. The van der Waals surface area contributed by atoms with Crippen LogP contribution in [0.3, 0.4) is 0 Å². The van der Waals surface area contributed by atoms with Gasteiger partial charge in [0.05, 0.1) is 0 Å². The zero-order chi connectivity index (χ0) is 9.84. The molecule has 1 saturated heterocycles. The lowest BCUT2D eigenvalue weighted by Crippen LogP contribution is -2.53. The van der Waals surface area contributed by atoms with E-state index < -0.39 is 6.43 Å². The zero-order valence-electron chi connectivity index (χ0n) is 8.05. The maximum Gasteiger partial charge on any atom is 0.238 e. The molecule has 0 saturated carbocycles. The number of nitrogens with two attached hydrogens (primary N) is 1. The largest absolute Gasteiger partial charge is 0.329 e. The van der Waals surface area contributed by atoms with Crippen LogP contribution in [0.1, 0.15) is 19.8 Å². The first-order valence-corrected chi connectivity index (χ1v) is 4.85. The average molecular weight is 192 g/mol. The van der Waals surface area contributed by atoms with Gasteiger partial charge in [0.1, 0.15) is 0 Å². The van der Waals surface area contributed by atoms with Crippen molar-refractivity contribution >= 4 is 0 Å². The number of alkyl halides is 2. The van der Waals surface area contributed by atoms with Gasteiger partial charge in [0, 0.05) is 32.1 Å². The molecule has 0 aromatic rings. The van der Waals surface area contributed by atoms with Crippen molar-refractivity contribution in [3.05, 3.63) is 0 Å². The van der Waals surface area contributed by atoms with Crippen LogP contribution in [0.5, 0.6) is 0 Å². The molecule has 0 radical (unpaired) electrons. The highest BCUT2D eigenvalue weighted by Gasteiger charge is 2.27. The molecule has 1 fully saturated rings. The summed E-state index contributed by atoms with van der Waals surface area (Å²) < 4.78 is 24.0. The molecular formula is C9H18F2N2. The highest BCUT2D eigenvalue weighted by molar-refractivity contribution is 4.84. The summed E-state index contributed by atoms with van der Waals surface area (Å²) >= 11 is 0. The van der Waals surface area contributed by atoms with Crippen LogP contribution in [-0.4, -0.2) is 37.0 Å². The van der Waals surface area contributed by atoms with E-state index in [1.807, 2.05) is 6.92 Å². The molecule has 78 valence electrons. The summed E-state index contributed by atoms with van der Waals surface area (Å²) in [7, 11) is 0. The Bertz CT molecular complexity index is 151. The second-order valence-corrected chi connectivity index (χ2v) is 3.91. The van der Waals surface area contributed by atoms with E-state index in [0.717, 1.165) is 19.5 Å². The fraction of sp³-hybridized carbons (Fsp3) is 1.00. The molecule has 0 spiro atoms. The van der Waals surface area contributed by atoms with Crippen molar-refractivity contribution in [2.45, 2.75) is 32.2 Å². The Balaban J connectivity index is 2.16. The first-order chi connectivity index (χ1) is 6.13. The normalized spacial score (nSPS) is 26.1. The van der Waals surface area contributed by atoms with Gasteiger partial charge in [0.25, 0.3) is 0 Å². The van der Waals surface area contributed by atoms with Crippen molar-refractivity contribution in [2.75, 3.05) is 19.6 Å². The van der Waals surface area contributed by atoms with Crippen molar-refractivity contribution in [1.29, 1.82) is 0 Å². The number of hydrogen-bond acceptors (Lipinski definition) is 2. The molecule has 0 bridgehead atoms. The minimum absolute atomic E-state index is 0.00773. The quantitative estimate of drug-likeness (QED) is 0.711. The van der Waals surface area contributed by atoms with E-state index in [4.69, 9.17) is 5.73 Å². The topological polar surface area (TPSA) is 29.3 Å². The highest BCUT2D eigenvalue weighted by Crippen LogP contribution is 2.20. The molecule has 0 aliphatic carbocycles. The predicted molar refractivity (Wildman–Crippen MR) is 48.8 cm³/mol. The fourth-order valence-electron chi connectivity index (χ4n) is 1.78. The summed E-state index contributed by atoms with van der Waals surface area (Å²) in [6.45, 7) is 4.32. The molecular weight excluding hydrogens is 174 g/mol. The Morgan fingerprint density at radius 3 is 2.62 bits per heavy atom. The smallest absolute Gasteiger partial charge is 0.238 e. The zero-order valence-corrected chi connectivity index (χ0v) is 8.05. The molecule has 0 aromatic carbocycles. The Labute approximate surface area is 78.1 Å². The average Bonchev–Trinajstić information content (AvgIpc) is 1.98. The molecule has 2 N–H and O–H groups in total. The molecule has 2 unspecified atom stereocenters. The minimum Gasteiger partial charge on any atom is -0.329 e. The van der Waals surface area contributed by atoms with E-state index in [1.54, 1.807) is 0 Å². The van der Waals surface area contributed by atoms with Gasteiger partial charge in [0.2, 0.25) is 6.43 Å². The third kappa shape index (κ3) is 3.19. The second-order valence-electron chi connectivity index (χ2n) is 3.91. The van der Waals surface area contributed by atoms with Crippen molar-refractivity contribution < 1.29 is 8.78 Å². The van der Waals surface area contributed by atoms with Gasteiger partial charge in [-0.1, -0.05) is 6.92 Å². The molecule has 4 heteroatoms. The van der Waals surface area contributed by atoms with Crippen LogP contribution in [0, 0.1) is 5.92 Å². The molecule has 1 rings (SSSR count). The molecule has 2 atom stereocenters. The van der Waals surface area contributed by atoms with Crippen LogP contribution in [0.15, 0.2) is 0 Å². The Hall–Kier alpha value is -0.220. The molecule has 2 nitrogen and oxygen atoms in total. The lowest BCUT2D eigenvalue weighted by atomic mass is 9.99. The van der Waals surface area contributed by atoms with Gasteiger partial charge < -0.3 is 5.73 Å². The third-order valence-electron chi connectivity index (χ3n) is 2.66.